The van der Waals surface area contributed by atoms with E-state index in [9.17, 15) is 4.79 Å². The summed E-state index contributed by atoms with van der Waals surface area (Å²) in [6.45, 7) is 0.994. The van der Waals surface area contributed by atoms with E-state index in [0.717, 1.165) is 37.7 Å². The second kappa shape index (κ2) is 5.65. The molecular weight excluding hydrogens is 252 g/mol. The first kappa shape index (κ1) is 13.2. The number of hydrogen-bond donors (Lipinski definition) is 0. The summed E-state index contributed by atoms with van der Waals surface area (Å²) in [5, 5.41) is 0. The van der Waals surface area contributed by atoms with Crippen LogP contribution in [0.2, 0.25) is 0 Å². The predicted octanol–water partition coefficient (Wildman–Crippen LogP) is 3.02. The second-order valence-corrected chi connectivity index (χ2v) is 5.63. The Bertz CT molecular complexity index is 597. The topological polar surface area (TPSA) is 44.1 Å². The standard InChI is InChI=1S/C16H20N2O2/c1-20-16(19)13-8-6-12(7-9-13)10-18-11-17-14-4-2-3-5-15(14)18/h2-5,11-13H,6-10H2,1H3. The van der Waals surface area contributed by atoms with Gasteiger partial charge in [0, 0.05) is 6.54 Å². The molecule has 2 aromatic rings. The molecule has 1 saturated carbocycles. The molecule has 0 bridgehead atoms. The Morgan fingerprint density at radius 2 is 2.05 bits per heavy atom. The molecule has 4 heteroatoms. The summed E-state index contributed by atoms with van der Waals surface area (Å²) in [5.74, 6) is 0.695. The molecule has 4 nitrogen and oxygen atoms in total. The monoisotopic (exact) mass is 272 g/mol. The lowest BCUT2D eigenvalue weighted by molar-refractivity contribution is -0.146. The fraction of sp³-hybridized carbons (Fsp3) is 0.500. The van der Waals surface area contributed by atoms with Gasteiger partial charge in [0.1, 0.15) is 0 Å². The first-order chi connectivity index (χ1) is 9.78. The van der Waals surface area contributed by atoms with Crippen LogP contribution in [0.5, 0.6) is 0 Å². The smallest absolute Gasteiger partial charge is 0.308 e. The number of rotatable bonds is 3. The van der Waals surface area contributed by atoms with E-state index in [1.165, 1.54) is 12.6 Å². The van der Waals surface area contributed by atoms with Crippen LogP contribution in [-0.4, -0.2) is 22.6 Å². The van der Waals surface area contributed by atoms with E-state index in [-0.39, 0.29) is 11.9 Å². The molecule has 106 valence electrons. The molecule has 0 radical (unpaired) electrons. The van der Waals surface area contributed by atoms with Crippen LogP contribution in [0.15, 0.2) is 30.6 Å². The van der Waals surface area contributed by atoms with Crippen molar-refractivity contribution in [3.05, 3.63) is 30.6 Å². The molecule has 20 heavy (non-hydrogen) atoms. The Kier molecular flexibility index (Phi) is 3.72. The number of ether oxygens (including phenoxy) is 1. The molecule has 0 spiro atoms. The van der Waals surface area contributed by atoms with Crippen LogP contribution in [0.4, 0.5) is 0 Å². The van der Waals surface area contributed by atoms with Gasteiger partial charge in [-0.1, -0.05) is 12.1 Å². The van der Waals surface area contributed by atoms with Crippen molar-refractivity contribution >= 4 is 17.0 Å². The fourth-order valence-corrected chi connectivity index (χ4v) is 3.18. The Morgan fingerprint density at radius 3 is 2.80 bits per heavy atom. The Labute approximate surface area is 118 Å². The maximum Gasteiger partial charge on any atom is 0.308 e. The lowest BCUT2D eigenvalue weighted by atomic mass is 9.82. The third kappa shape index (κ3) is 2.55. The van der Waals surface area contributed by atoms with Gasteiger partial charge in [0.15, 0.2) is 0 Å². The van der Waals surface area contributed by atoms with E-state index in [1.807, 2.05) is 18.5 Å². The number of fused-ring (bicyclic) bond motifs is 1. The summed E-state index contributed by atoms with van der Waals surface area (Å²) in [7, 11) is 1.48. The number of esters is 1. The van der Waals surface area contributed by atoms with Gasteiger partial charge in [-0.05, 0) is 43.7 Å². The van der Waals surface area contributed by atoms with Gasteiger partial charge in [0.25, 0.3) is 0 Å². The Hall–Kier alpha value is -1.84. The lowest BCUT2D eigenvalue weighted by Gasteiger charge is -2.27. The second-order valence-electron chi connectivity index (χ2n) is 5.63. The van der Waals surface area contributed by atoms with E-state index >= 15 is 0 Å². The summed E-state index contributed by atoms with van der Waals surface area (Å²) in [6.07, 6.45) is 6.00. The minimum absolute atomic E-state index is 0.0449. The number of carbonyl (C=O) groups is 1. The third-order valence-electron chi connectivity index (χ3n) is 4.36. The van der Waals surface area contributed by atoms with Crippen LogP contribution in [0.1, 0.15) is 25.7 Å². The number of hydrogen-bond acceptors (Lipinski definition) is 3. The molecule has 1 fully saturated rings. The van der Waals surface area contributed by atoms with Gasteiger partial charge in [-0.3, -0.25) is 4.79 Å². The fourth-order valence-electron chi connectivity index (χ4n) is 3.18. The zero-order valence-corrected chi connectivity index (χ0v) is 11.8. The van der Waals surface area contributed by atoms with Gasteiger partial charge in [0.2, 0.25) is 0 Å². The van der Waals surface area contributed by atoms with Gasteiger partial charge >= 0.3 is 5.97 Å². The summed E-state index contributed by atoms with van der Waals surface area (Å²) >= 11 is 0. The number of para-hydroxylation sites is 2. The number of methoxy groups -OCH3 is 1. The maximum absolute atomic E-state index is 11.5. The molecular formula is C16H20N2O2. The van der Waals surface area contributed by atoms with E-state index in [1.54, 1.807) is 0 Å². The van der Waals surface area contributed by atoms with Gasteiger partial charge < -0.3 is 9.30 Å². The molecule has 0 aliphatic heterocycles. The summed E-state index contributed by atoms with van der Waals surface area (Å²) in [5.41, 5.74) is 2.25. The minimum Gasteiger partial charge on any atom is -0.469 e. The zero-order chi connectivity index (χ0) is 13.9. The Balaban J connectivity index is 1.64. The summed E-state index contributed by atoms with van der Waals surface area (Å²) < 4.78 is 7.07. The van der Waals surface area contributed by atoms with Crippen molar-refractivity contribution in [1.82, 2.24) is 9.55 Å². The summed E-state index contributed by atoms with van der Waals surface area (Å²) in [6, 6.07) is 8.22. The number of benzene rings is 1. The van der Waals surface area contributed by atoms with Crippen LogP contribution >= 0.6 is 0 Å². The van der Waals surface area contributed by atoms with E-state index in [4.69, 9.17) is 4.74 Å². The maximum atomic E-state index is 11.5. The first-order valence-corrected chi connectivity index (χ1v) is 7.25. The average Bonchev–Trinajstić information content (AvgIpc) is 2.91. The Morgan fingerprint density at radius 1 is 1.30 bits per heavy atom. The molecule has 0 atom stereocenters. The lowest BCUT2D eigenvalue weighted by Crippen LogP contribution is -2.24. The number of carbonyl (C=O) groups excluding carboxylic acids is 1. The van der Waals surface area contributed by atoms with E-state index in [2.05, 4.69) is 21.7 Å². The van der Waals surface area contributed by atoms with Gasteiger partial charge in [0.05, 0.1) is 30.4 Å². The van der Waals surface area contributed by atoms with Gasteiger partial charge in [-0.2, -0.15) is 0 Å². The highest BCUT2D eigenvalue weighted by atomic mass is 16.5. The first-order valence-electron chi connectivity index (χ1n) is 7.25. The average molecular weight is 272 g/mol. The molecule has 0 amide bonds. The van der Waals surface area contributed by atoms with Crippen molar-refractivity contribution in [2.24, 2.45) is 11.8 Å². The van der Waals surface area contributed by atoms with E-state index < -0.39 is 0 Å². The molecule has 1 heterocycles. The SMILES string of the molecule is COC(=O)C1CCC(Cn2cnc3ccccc32)CC1. The number of aromatic nitrogens is 2. The van der Waals surface area contributed by atoms with Gasteiger partial charge in [-0.15, -0.1) is 0 Å². The molecule has 0 saturated heterocycles. The normalized spacial score (nSPS) is 22.9. The molecule has 0 unspecified atom stereocenters. The minimum atomic E-state index is -0.0449. The molecule has 1 aromatic carbocycles. The van der Waals surface area contributed by atoms with Crippen LogP contribution in [0.3, 0.4) is 0 Å². The number of nitrogens with zero attached hydrogens (tertiary/aromatic N) is 2. The molecule has 1 aliphatic rings. The van der Waals surface area contributed by atoms with Gasteiger partial charge in [-0.25, -0.2) is 4.98 Å². The largest absolute Gasteiger partial charge is 0.469 e. The molecule has 3 rings (SSSR count). The quantitative estimate of drug-likeness (QED) is 0.807. The van der Waals surface area contributed by atoms with Crippen molar-refractivity contribution in [3.8, 4) is 0 Å². The predicted molar refractivity (Wildman–Crippen MR) is 77.2 cm³/mol. The van der Waals surface area contributed by atoms with Crippen LogP contribution in [0.25, 0.3) is 11.0 Å². The zero-order valence-electron chi connectivity index (χ0n) is 11.8. The van der Waals surface area contributed by atoms with Crippen molar-refractivity contribution < 1.29 is 9.53 Å². The van der Waals surface area contributed by atoms with Crippen molar-refractivity contribution in [1.29, 1.82) is 0 Å². The summed E-state index contributed by atoms with van der Waals surface area (Å²) in [4.78, 5) is 16.0. The van der Waals surface area contributed by atoms with Crippen LogP contribution in [0, 0.1) is 11.8 Å². The van der Waals surface area contributed by atoms with Crippen molar-refractivity contribution in [2.75, 3.05) is 7.11 Å². The molecule has 1 aliphatic carbocycles. The van der Waals surface area contributed by atoms with Crippen molar-refractivity contribution in [3.63, 3.8) is 0 Å². The molecule has 1 aromatic heterocycles. The highest BCUT2D eigenvalue weighted by Gasteiger charge is 2.27. The molecule has 0 N–H and O–H groups in total. The van der Waals surface area contributed by atoms with Crippen LogP contribution < -0.4 is 0 Å². The highest BCUT2D eigenvalue weighted by molar-refractivity contribution is 5.75. The third-order valence-corrected chi connectivity index (χ3v) is 4.36. The van der Waals surface area contributed by atoms with Crippen molar-refractivity contribution in [2.45, 2.75) is 32.2 Å². The highest BCUT2D eigenvalue weighted by Crippen LogP contribution is 2.31. The number of imidazole rings is 1. The van der Waals surface area contributed by atoms with Crippen LogP contribution in [-0.2, 0) is 16.1 Å². The van der Waals surface area contributed by atoms with E-state index in [0.29, 0.717) is 5.92 Å².